The van der Waals surface area contributed by atoms with Gasteiger partial charge in [0.05, 0.1) is 17.4 Å². The first-order valence-electron chi connectivity index (χ1n) is 8.95. The van der Waals surface area contributed by atoms with E-state index in [0.29, 0.717) is 17.4 Å². The highest BCUT2D eigenvalue weighted by Gasteiger charge is 2.25. The van der Waals surface area contributed by atoms with E-state index in [-0.39, 0.29) is 11.9 Å². The van der Waals surface area contributed by atoms with Crippen LogP contribution in [0.4, 0.5) is 5.69 Å². The van der Waals surface area contributed by atoms with Gasteiger partial charge < -0.3 is 4.90 Å². The number of carbonyl (C=O) groups is 1. The molecule has 0 bridgehead atoms. The molecule has 0 N–H and O–H groups in total. The predicted molar refractivity (Wildman–Crippen MR) is 106 cm³/mol. The van der Waals surface area contributed by atoms with Crippen molar-refractivity contribution in [1.82, 2.24) is 14.8 Å². The molecule has 134 valence electrons. The van der Waals surface area contributed by atoms with Gasteiger partial charge in [0.25, 0.3) is 5.91 Å². The van der Waals surface area contributed by atoms with Crippen LogP contribution in [0.25, 0.3) is 11.0 Å². The van der Waals surface area contributed by atoms with Crippen molar-refractivity contribution < 1.29 is 4.79 Å². The van der Waals surface area contributed by atoms with Crippen LogP contribution in [-0.4, -0.2) is 32.5 Å². The van der Waals surface area contributed by atoms with E-state index in [9.17, 15) is 4.79 Å². The zero-order chi connectivity index (χ0) is 18.3. The maximum atomic E-state index is 13.3. The average molecular weight is 366 g/mol. The van der Waals surface area contributed by atoms with E-state index in [1.807, 2.05) is 45.6 Å². The Morgan fingerprint density at radius 3 is 2.88 bits per heavy atom. The van der Waals surface area contributed by atoms with Crippen molar-refractivity contribution in [3.8, 4) is 0 Å². The fourth-order valence-corrected chi connectivity index (χ4v) is 4.40. The number of hydrogen-bond acceptors (Lipinski definition) is 4. The van der Waals surface area contributed by atoms with E-state index in [0.717, 1.165) is 28.0 Å². The van der Waals surface area contributed by atoms with Crippen molar-refractivity contribution in [2.45, 2.75) is 43.4 Å². The number of fused-ring (bicyclic) bond motifs is 2. The van der Waals surface area contributed by atoms with Crippen LogP contribution in [-0.2, 0) is 0 Å². The van der Waals surface area contributed by atoms with Crippen LogP contribution in [0.2, 0.25) is 0 Å². The molecule has 0 saturated heterocycles. The molecule has 0 aliphatic carbocycles. The number of para-hydroxylation sites is 1. The number of benzene rings is 1. The molecule has 1 aliphatic heterocycles. The summed E-state index contributed by atoms with van der Waals surface area (Å²) in [7, 11) is 0. The van der Waals surface area contributed by atoms with Crippen LogP contribution in [0.1, 0.15) is 43.6 Å². The molecule has 0 unspecified atom stereocenters. The summed E-state index contributed by atoms with van der Waals surface area (Å²) in [5, 5.41) is 5.78. The summed E-state index contributed by atoms with van der Waals surface area (Å²) in [6.07, 6.45) is 4.43. The number of pyridine rings is 1. The van der Waals surface area contributed by atoms with E-state index in [4.69, 9.17) is 0 Å². The third kappa shape index (κ3) is 2.98. The smallest absolute Gasteiger partial charge is 0.259 e. The molecule has 5 nitrogen and oxygen atoms in total. The van der Waals surface area contributed by atoms with Crippen molar-refractivity contribution in [3.05, 3.63) is 48.3 Å². The van der Waals surface area contributed by atoms with Crippen LogP contribution in [0.3, 0.4) is 0 Å². The molecule has 26 heavy (non-hydrogen) atoms. The fraction of sp³-hybridized carbons (Fsp3) is 0.350. The molecule has 0 spiro atoms. The van der Waals surface area contributed by atoms with Gasteiger partial charge in [-0.25, -0.2) is 9.67 Å². The topological polar surface area (TPSA) is 51.0 Å². The molecular weight excluding hydrogens is 344 g/mol. The Morgan fingerprint density at radius 2 is 2.08 bits per heavy atom. The van der Waals surface area contributed by atoms with Crippen molar-refractivity contribution in [2.24, 2.45) is 0 Å². The molecule has 0 saturated carbocycles. The number of aromatic nitrogens is 3. The highest BCUT2D eigenvalue weighted by Crippen LogP contribution is 2.37. The standard InChI is InChI=1S/C20H22N4OS/c1-13(2)24-19-15(12-22-24)10-16(11-21-19)20(25)23-9-8-14(3)26-18-7-5-4-6-17(18)23/h4-7,10-14H,8-9H2,1-3H3/t14-/m1/s1. The first kappa shape index (κ1) is 17.1. The normalized spacial score (nSPS) is 17.4. The lowest BCUT2D eigenvalue weighted by Gasteiger charge is -2.22. The Hall–Kier alpha value is -2.34. The summed E-state index contributed by atoms with van der Waals surface area (Å²) in [6, 6.07) is 10.3. The van der Waals surface area contributed by atoms with Gasteiger partial charge in [-0.1, -0.05) is 19.1 Å². The molecule has 4 rings (SSSR count). The SMILES string of the molecule is CC(C)n1ncc2cc(C(=O)N3CC[C@@H](C)Sc4ccccc43)cnc21. The first-order valence-corrected chi connectivity index (χ1v) is 9.83. The second kappa shape index (κ2) is 6.76. The molecule has 1 amide bonds. The van der Waals surface area contributed by atoms with Gasteiger partial charge in [-0.3, -0.25) is 4.79 Å². The van der Waals surface area contributed by atoms with Crippen LogP contribution < -0.4 is 4.90 Å². The fourth-order valence-electron chi connectivity index (χ4n) is 3.29. The number of hydrogen-bond donors (Lipinski definition) is 0. The highest BCUT2D eigenvalue weighted by atomic mass is 32.2. The maximum Gasteiger partial charge on any atom is 0.259 e. The van der Waals surface area contributed by atoms with Gasteiger partial charge in [0.15, 0.2) is 5.65 Å². The summed E-state index contributed by atoms with van der Waals surface area (Å²) in [6.45, 7) is 7.07. The van der Waals surface area contributed by atoms with E-state index in [1.54, 1.807) is 12.4 Å². The Balaban J connectivity index is 1.72. The lowest BCUT2D eigenvalue weighted by atomic mass is 10.1. The predicted octanol–water partition coefficient (Wildman–Crippen LogP) is 4.54. The van der Waals surface area contributed by atoms with E-state index in [2.05, 4.69) is 36.9 Å². The quantitative estimate of drug-likeness (QED) is 0.668. The zero-order valence-electron chi connectivity index (χ0n) is 15.2. The van der Waals surface area contributed by atoms with Gasteiger partial charge in [0, 0.05) is 34.3 Å². The molecule has 2 aromatic heterocycles. The van der Waals surface area contributed by atoms with Crippen LogP contribution in [0, 0.1) is 0 Å². The molecule has 0 fully saturated rings. The molecule has 1 aromatic carbocycles. The summed E-state index contributed by atoms with van der Waals surface area (Å²) in [5.74, 6) is -0.00107. The largest absolute Gasteiger partial charge is 0.307 e. The summed E-state index contributed by atoms with van der Waals surface area (Å²) in [5.41, 5.74) is 2.41. The Bertz CT molecular complexity index is 965. The van der Waals surface area contributed by atoms with Crippen LogP contribution >= 0.6 is 11.8 Å². The highest BCUT2D eigenvalue weighted by molar-refractivity contribution is 8.00. The van der Waals surface area contributed by atoms with E-state index < -0.39 is 0 Å². The molecule has 0 radical (unpaired) electrons. The minimum atomic E-state index is -0.00107. The molecule has 3 aromatic rings. The average Bonchev–Trinajstić information content (AvgIpc) is 2.98. The van der Waals surface area contributed by atoms with Gasteiger partial charge in [0.1, 0.15) is 0 Å². The van der Waals surface area contributed by atoms with Gasteiger partial charge in [-0.15, -0.1) is 11.8 Å². The van der Waals surface area contributed by atoms with Crippen molar-refractivity contribution in [2.75, 3.05) is 11.4 Å². The zero-order valence-corrected chi connectivity index (χ0v) is 16.0. The second-order valence-corrected chi connectivity index (χ2v) is 8.44. The van der Waals surface area contributed by atoms with Gasteiger partial charge in [0.2, 0.25) is 0 Å². The third-order valence-electron chi connectivity index (χ3n) is 4.66. The maximum absolute atomic E-state index is 13.3. The van der Waals surface area contributed by atoms with Crippen LogP contribution in [0.5, 0.6) is 0 Å². The summed E-state index contributed by atoms with van der Waals surface area (Å²) in [4.78, 5) is 20.8. The lowest BCUT2D eigenvalue weighted by Crippen LogP contribution is -2.32. The number of amides is 1. The van der Waals surface area contributed by atoms with Crippen molar-refractivity contribution in [1.29, 1.82) is 0 Å². The number of rotatable bonds is 2. The van der Waals surface area contributed by atoms with Crippen molar-refractivity contribution in [3.63, 3.8) is 0 Å². The van der Waals surface area contributed by atoms with E-state index >= 15 is 0 Å². The van der Waals surface area contributed by atoms with Crippen molar-refractivity contribution >= 4 is 34.4 Å². The lowest BCUT2D eigenvalue weighted by molar-refractivity contribution is 0.0986. The molecule has 6 heteroatoms. The second-order valence-electron chi connectivity index (χ2n) is 6.96. The Kier molecular flexibility index (Phi) is 4.44. The van der Waals surface area contributed by atoms with Gasteiger partial charge in [-0.05, 0) is 38.5 Å². The molecule has 1 atom stereocenters. The molecular formula is C20H22N4OS. The summed E-state index contributed by atoms with van der Waals surface area (Å²) >= 11 is 1.84. The van der Waals surface area contributed by atoms with Gasteiger partial charge >= 0.3 is 0 Å². The van der Waals surface area contributed by atoms with E-state index in [1.165, 1.54) is 0 Å². The number of anilines is 1. The number of thioether (sulfide) groups is 1. The monoisotopic (exact) mass is 366 g/mol. The third-order valence-corrected chi connectivity index (χ3v) is 5.90. The first-order chi connectivity index (χ1) is 12.5. The Labute approximate surface area is 157 Å². The minimum absolute atomic E-state index is 0.00107. The van der Waals surface area contributed by atoms with Gasteiger partial charge in [-0.2, -0.15) is 5.10 Å². The molecule has 3 heterocycles. The summed E-state index contributed by atoms with van der Waals surface area (Å²) < 4.78 is 1.88. The number of nitrogens with zero attached hydrogens (tertiary/aromatic N) is 4. The van der Waals surface area contributed by atoms with Crippen LogP contribution in [0.15, 0.2) is 47.6 Å². The minimum Gasteiger partial charge on any atom is -0.307 e. The Morgan fingerprint density at radius 1 is 1.27 bits per heavy atom. The number of carbonyl (C=O) groups excluding carboxylic acids is 1. The molecule has 1 aliphatic rings.